The van der Waals surface area contributed by atoms with Crippen LogP contribution in [0.5, 0.6) is 0 Å². The fourth-order valence-electron chi connectivity index (χ4n) is 1.59. The quantitative estimate of drug-likeness (QED) is 0.761. The molecule has 0 atom stereocenters. The van der Waals surface area contributed by atoms with Gasteiger partial charge in [0.2, 0.25) is 5.91 Å². The number of carbonyl (C=O) groups excluding carboxylic acids is 1. The third-order valence-electron chi connectivity index (χ3n) is 2.84. The molecule has 1 heterocycles. The van der Waals surface area contributed by atoms with Crippen LogP contribution in [-0.4, -0.2) is 30.2 Å². The molecule has 6 heteroatoms. The summed E-state index contributed by atoms with van der Waals surface area (Å²) in [5.74, 6) is -1.88. The van der Waals surface area contributed by atoms with Crippen LogP contribution in [0.25, 0.3) is 0 Å². The molecule has 0 radical (unpaired) electrons. The Hall–Kier alpha value is -2.39. The summed E-state index contributed by atoms with van der Waals surface area (Å²) in [5, 5.41) is 20.4. The van der Waals surface area contributed by atoms with E-state index in [9.17, 15) is 9.59 Å². The molecule has 0 unspecified atom stereocenters. The van der Waals surface area contributed by atoms with Crippen molar-refractivity contribution in [3.05, 3.63) is 29.8 Å². The number of carboxylic acid groups (broad SMARTS) is 1. The highest BCUT2D eigenvalue weighted by atomic mass is 16.5. The van der Waals surface area contributed by atoms with Gasteiger partial charge in [-0.15, -0.1) is 0 Å². The van der Waals surface area contributed by atoms with Crippen LogP contribution in [-0.2, 0) is 14.3 Å². The molecule has 1 saturated heterocycles. The van der Waals surface area contributed by atoms with Gasteiger partial charge in [-0.05, 0) is 12.1 Å². The molecular formula is C12H10N2O4. The predicted molar refractivity (Wildman–Crippen MR) is 60.7 cm³/mol. The Morgan fingerprint density at radius 2 is 2.06 bits per heavy atom. The molecule has 6 nitrogen and oxygen atoms in total. The number of carbonyl (C=O) groups is 2. The minimum absolute atomic E-state index is 0.150. The summed E-state index contributed by atoms with van der Waals surface area (Å²) in [6, 6.07) is 8.33. The zero-order chi connectivity index (χ0) is 13.2. The highest BCUT2D eigenvalue weighted by molar-refractivity contribution is 6.09. The number of amides is 1. The molecular weight excluding hydrogens is 236 g/mol. The largest absolute Gasteiger partial charge is 0.480 e. The Balaban J connectivity index is 2.22. The number of anilines is 1. The van der Waals surface area contributed by atoms with Gasteiger partial charge in [-0.2, -0.15) is 5.26 Å². The average Bonchev–Trinajstić information content (AvgIpc) is 2.27. The standard InChI is InChI=1S/C12H10N2O4/c13-5-8-3-1-2-4-9(8)14-10(15)12(11(16)17)6-18-7-12/h1-4H,6-7H2,(H,14,15)(H,16,17). The predicted octanol–water partition coefficient (Wildman–Crippen LogP) is 0.598. The van der Waals surface area contributed by atoms with Crippen molar-refractivity contribution < 1.29 is 19.4 Å². The molecule has 0 aromatic heterocycles. The maximum atomic E-state index is 11.9. The van der Waals surface area contributed by atoms with E-state index >= 15 is 0 Å². The second kappa shape index (κ2) is 4.47. The van der Waals surface area contributed by atoms with Crippen molar-refractivity contribution in [2.45, 2.75) is 0 Å². The third kappa shape index (κ3) is 1.81. The van der Waals surface area contributed by atoms with Crippen molar-refractivity contribution >= 4 is 17.6 Å². The van der Waals surface area contributed by atoms with E-state index in [4.69, 9.17) is 15.1 Å². The molecule has 0 bridgehead atoms. The molecule has 92 valence electrons. The van der Waals surface area contributed by atoms with Gasteiger partial charge >= 0.3 is 5.97 Å². The number of hydrogen-bond donors (Lipinski definition) is 2. The van der Waals surface area contributed by atoms with Crippen molar-refractivity contribution in [1.82, 2.24) is 0 Å². The fraction of sp³-hybridized carbons (Fsp3) is 0.250. The molecule has 1 fully saturated rings. The van der Waals surface area contributed by atoms with E-state index < -0.39 is 17.3 Å². The topological polar surface area (TPSA) is 99.4 Å². The second-order valence-corrected chi connectivity index (χ2v) is 3.99. The number of rotatable bonds is 3. The summed E-state index contributed by atoms with van der Waals surface area (Å²) in [4.78, 5) is 23.0. The number of nitriles is 1. The molecule has 0 spiro atoms. The minimum atomic E-state index is -1.54. The molecule has 18 heavy (non-hydrogen) atoms. The van der Waals surface area contributed by atoms with Crippen molar-refractivity contribution in [3.8, 4) is 6.07 Å². The maximum absolute atomic E-state index is 11.9. The molecule has 1 aliphatic heterocycles. The van der Waals surface area contributed by atoms with Crippen molar-refractivity contribution in [3.63, 3.8) is 0 Å². The first kappa shape index (κ1) is 12.1. The number of ether oxygens (including phenoxy) is 1. The zero-order valence-electron chi connectivity index (χ0n) is 9.34. The Labute approximate surface area is 103 Å². The molecule has 0 saturated carbocycles. The highest BCUT2D eigenvalue weighted by Gasteiger charge is 2.53. The van der Waals surface area contributed by atoms with Gasteiger partial charge in [0.25, 0.3) is 0 Å². The average molecular weight is 246 g/mol. The minimum Gasteiger partial charge on any atom is -0.480 e. The van der Waals surface area contributed by atoms with E-state index in [1.165, 1.54) is 0 Å². The number of benzene rings is 1. The lowest BCUT2D eigenvalue weighted by Gasteiger charge is -2.35. The first-order valence-corrected chi connectivity index (χ1v) is 5.22. The van der Waals surface area contributed by atoms with Crippen LogP contribution < -0.4 is 5.32 Å². The Kier molecular flexibility index (Phi) is 3.00. The van der Waals surface area contributed by atoms with E-state index in [-0.39, 0.29) is 18.8 Å². The van der Waals surface area contributed by atoms with Gasteiger partial charge in [0.15, 0.2) is 5.41 Å². The summed E-state index contributed by atoms with van der Waals surface area (Å²) in [7, 11) is 0. The highest BCUT2D eigenvalue weighted by Crippen LogP contribution is 2.30. The van der Waals surface area contributed by atoms with Crippen LogP contribution in [0.15, 0.2) is 24.3 Å². The van der Waals surface area contributed by atoms with Gasteiger partial charge in [0, 0.05) is 0 Å². The number of nitrogens with one attached hydrogen (secondary N) is 1. The molecule has 1 aromatic rings. The lowest BCUT2D eigenvalue weighted by molar-refractivity contribution is -0.182. The zero-order valence-corrected chi connectivity index (χ0v) is 9.34. The lowest BCUT2D eigenvalue weighted by atomic mass is 9.85. The van der Waals surface area contributed by atoms with Gasteiger partial charge in [-0.1, -0.05) is 12.1 Å². The first-order chi connectivity index (χ1) is 8.60. The van der Waals surface area contributed by atoms with E-state index in [2.05, 4.69) is 5.32 Å². The van der Waals surface area contributed by atoms with Crippen LogP contribution in [0.3, 0.4) is 0 Å². The number of carboxylic acids is 1. The number of nitrogens with zero attached hydrogens (tertiary/aromatic N) is 1. The normalized spacial score (nSPS) is 16.2. The Bertz CT molecular complexity index is 543. The van der Waals surface area contributed by atoms with E-state index in [1.54, 1.807) is 24.3 Å². The van der Waals surface area contributed by atoms with Gasteiger partial charge < -0.3 is 15.2 Å². The van der Waals surface area contributed by atoms with Crippen LogP contribution in [0, 0.1) is 16.7 Å². The van der Waals surface area contributed by atoms with Gasteiger partial charge in [0.1, 0.15) is 6.07 Å². The number of para-hydroxylation sites is 1. The Morgan fingerprint density at radius 1 is 1.39 bits per heavy atom. The second-order valence-electron chi connectivity index (χ2n) is 3.99. The summed E-state index contributed by atoms with van der Waals surface area (Å²) in [5.41, 5.74) is -0.952. The van der Waals surface area contributed by atoms with Crippen molar-refractivity contribution in [1.29, 1.82) is 5.26 Å². The van der Waals surface area contributed by atoms with Gasteiger partial charge in [-0.3, -0.25) is 9.59 Å². The van der Waals surface area contributed by atoms with Crippen LogP contribution in [0.1, 0.15) is 5.56 Å². The molecule has 2 rings (SSSR count). The van der Waals surface area contributed by atoms with Gasteiger partial charge in [0.05, 0.1) is 24.5 Å². The summed E-state index contributed by atoms with van der Waals surface area (Å²) >= 11 is 0. The summed E-state index contributed by atoms with van der Waals surface area (Å²) in [6.07, 6.45) is 0. The molecule has 2 N–H and O–H groups in total. The Morgan fingerprint density at radius 3 is 2.56 bits per heavy atom. The lowest BCUT2D eigenvalue weighted by Crippen LogP contribution is -2.57. The monoisotopic (exact) mass is 246 g/mol. The molecule has 0 aliphatic carbocycles. The fourth-order valence-corrected chi connectivity index (χ4v) is 1.59. The first-order valence-electron chi connectivity index (χ1n) is 5.22. The van der Waals surface area contributed by atoms with Crippen LogP contribution in [0.2, 0.25) is 0 Å². The third-order valence-corrected chi connectivity index (χ3v) is 2.84. The molecule has 1 aromatic carbocycles. The number of hydrogen-bond acceptors (Lipinski definition) is 4. The van der Waals surface area contributed by atoms with E-state index in [1.807, 2.05) is 6.07 Å². The van der Waals surface area contributed by atoms with Gasteiger partial charge in [-0.25, -0.2) is 0 Å². The number of aliphatic carboxylic acids is 1. The van der Waals surface area contributed by atoms with E-state index in [0.29, 0.717) is 5.69 Å². The van der Waals surface area contributed by atoms with Crippen molar-refractivity contribution in [2.24, 2.45) is 5.41 Å². The maximum Gasteiger partial charge on any atom is 0.324 e. The summed E-state index contributed by atoms with van der Waals surface area (Å²) < 4.78 is 4.81. The van der Waals surface area contributed by atoms with Crippen molar-refractivity contribution in [2.75, 3.05) is 18.5 Å². The smallest absolute Gasteiger partial charge is 0.324 e. The SMILES string of the molecule is N#Cc1ccccc1NC(=O)C1(C(=O)O)COC1. The van der Waals surface area contributed by atoms with Crippen LogP contribution >= 0.6 is 0 Å². The molecule has 1 amide bonds. The summed E-state index contributed by atoms with van der Waals surface area (Å²) in [6.45, 7) is -0.300. The van der Waals surface area contributed by atoms with Crippen LogP contribution in [0.4, 0.5) is 5.69 Å². The van der Waals surface area contributed by atoms with E-state index in [0.717, 1.165) is 0 Å². The molecule has 1 aliphatic rings.